The molecular weight excluding hydrogens is 238 g/mol. The van der Waals surface area contributed by atoms with Crippen molar-refractivity contribution in [3.63, 3.8) is 0 Å². The predicted octanol–water partition coefficient (Wildman–Crippen LogP) is 1.59. The molecule has 2 aromatic heterocycles. The molecule has 0 bridgehead atoms. The van der Waals surface area contributed by atoms with E-state index in [1.807, 2.05) is 0 Å². The average molecular weight is 251 g/mol. The summed E-state index contributed by atoms with van der Waals surface area (Å²) in [4.78, 5) is 16.1. The molecule has 94 valence electrons. The third-order valence-corrected chi connectivity index (χ3v) is 3.60. The van der Waals surface area contributed by atoms with E-state index in [1.165, 1.54) is 17.5 Å². The van der Waals surface area contributed by atoms with Crippen LogP contribution in [0.3, 0.4) is 0 Å². The third-order valence-electron chi connectivity index (χ3n) is 3.60. The van der Waals surface area contributed by atoms with Gasteiger partial charge in [-0.1, -0.05) is 24.3 Å². The molecule has 0 aliphatic carbocycles. The molecule has 1 unspecified atom stereocenters. The Hall–Kier alpha value is -2.27. The fourth-order valence-corrected chi connectivity index (χ4v) is 2.69. The summed E-state index contributed by atoms with van der Waals surface area (Å²) in [5, 5.41) is 3.44. The molecule has 0 fully saturated rings. The van der Waals surface area contributed by atoms with Gasteiger partial charge in [-0.25, -0.2) is 15.0 Å². The Balaban J connectivity index is 1.85. The van der Waals surface area contributed by atoms with Crippen LogP contribution >= 0.6 is 0 Å². The van der Waals surface area contributed by atoms with Gasteiger partial charge in [0.25, 0.3) is 0 Å². The Morgan fingerprint density at radius 2 is 2.16 bits per heavy atom. The van der Waals surface area contributed by atoms with Crippen LogP contribution in [0.15, 0.2) is 36.8 Å². The number of nitrogens with one attached hydrogen (secondary N) is 2. The van der Waals surface area contributed by atoms with Crippen LogP contribution in [0.5, 0.6) is 0 Å². The van der Waals surface area contributed by atoms with E-state index < -0.39 is 0 Å². The lowest BCUT2D eigenvalue weighted by molar-refractivity contribution is 0.576. The summed E-state index contributed by atoms with van der Waals surface area (Å²) in [6.45, 7) is 1.82. The predicted molar refractivity (Wildman–Crippen MR) is 71.7 cm³/mol. The molecule has 2 N–H and O–H groups in total. The monoisotopic (exact) mass is 251 g/mol. The van der Waals surface area contributed by atoms with Crippen molar-refractivity contribution in [2.24, 2.45) is 0 Å². The van der Waals surface area contributed by atoms with Gasteiger partial charge in [-0.15, -0.1) is 0 Å². The molecule has 5 heteroatoms. The summed E-state index contributed by atoms with van der Waals surface area (Å²) in [5.74, 6) is 1.20. The number of rotatable bonds is 1. The molecule has 0 radical (unpaired) electrons. The first-order valence-electron chi connectivity index (χ1n) is 6.36. The minimum Gasteiger partial charge on any atom is -0.339 e. The molecule has 3 heterocycles. The van der Waals surface area contributed by atoms with Gasteiger partial charge >= 0.3 is 0 Å². The van der Waals surface area contributed by atoms with Crippen molar-refractivity contribution in [3.05, 3.63) is 53.7 Å². The van der Waals surface area contributed by atoms with Gasteiger partial charge in [0.05, 0.1) is 12.1 Å². The molecular formula is C14H13N5. The van der Waals surface area contributed by atoms with Crippen molar-refractivity contribution in [1.82, 2.24) is 25.3 Å². The summed E-state index contributed by atoms with van der Waals surface area (Å²) >= 11 is 0. The normalized spacial score (nSPS) is 18.4. The number of nitrogens with zero attached hydrogens (tertiary/aromatic N) is 3. The molecule has 4 rings (SSSR count). The lowest BCUT2D eigenvalue weighted by Crippen LogP contribution is -2.29. The highest BCUT2D eigenvalue weighted by Gasteiger charge is 2.23. The van der Waals surface area contributed by atoms with Crippen LogP contribution in [-0.2, 0) is 6.54 Å². The topological polar surface area (TPSA) is 66.5 Å². The molecule has 1 atom stereocenters. The second-order valence-corrected chi connectivity index (χ2v) is 4.76. The van der Waals surface area contributed by atoms with Crippen molar-refractivity contribution in [2.45, 2.75) is 12.5 Å². The van der Waals surface area contributed by atoms with E-state index in [-0.39, 0.29) is 5.92 Å². The van der Waals surface area contributed by atoms with E-state index in [0.717, 1.165) is 30.1 Å². The van der Waals surface area contributed by atoms with Crippen LogP contribution in [-0.4, -0.2) is 26.5 Å². The van der Waals surface area contributed by atoms with Crippen molar-refractivity contribution in [1.29, 1.82) is 0 Å². The van der Waals surface area contributed by atoms with Crippen LogP contribution in [0.25, 0.3) is 11.2 Å². The van der Waals surface area contributed by atoms with E-state index in [4.69, 9.17) is 0 Å². The first kappa shape index (κ1) is 10.6. The molecule has 3 aromatic rings. The lowest BCUT2D eigenvalue weighted by Gasteiger charge is -2.24. The minimum absolute atomic E-state index is 0.249. The third kappa shape index (κ3) is 1.70. The summed E-state index contributed by atoms with van der Waals surface area (Å²) in [6, 6.07) is 8.50. The summed E-state index contributed by atoms with van der Waals surface area (Å²) in [7, 11) is 0. The first-order chi connectivity index (χ1) is 9.42. The van der Waals surface area contributed by atoms with Crippen LogP contribution < -0.4 is 5.32 Å². The first-order valence-corrected chi connectivity index (χ1v) is 6.36. The Morgan fingerprint density at radius 3 is 3.11 bits per heavy atom. The minimum atomic E-state index is 0.249. The van der Waals surface area contributed by atoms with Crippen LogP contribution in [0.2, 0.25) is 0 Å². The highest BCUT2D eigenvalue weighted by Crippen LogP contribution is 2.28. The quantitative estimate of drug-likeness (QED) is 0.689. The van der Waals surface area contributed by atoms with Gasteiger partial charge in [-0.3, -0.25) is 0 Å². The number of imidazole rings is 1. The van der Waals surface area contributed by atoms with Crippen molar-refractivity contribution in [3.8, 4) is 0 Å². The highest BCUT2D eigenvalue weighted by atomic mass is 15.0. The highest BCUT2D eigenvalue weighted by molar-refractivity contribution is 5.69. The lowest BCUT2D eigenvalue weighted by atomic mass is 9.90. The molecule has 1 aliphatic heterocycles. The summed E-state index contributed by atoms with van der Waals surface area (Å²) in [6.07, 6.45) is 3.29. The molecule has 1 aliphatic rings. The molecule has 1 aromatic carbocycles. The summed E-state index contributed by atoms with van der Waals surface area (Å²) < 4.78 is 0. The Morgan fingerprint density at radius 1 is 1.21 bits per heavy atom. The fraction of sp³-hybridized carbons (Fsp3) is 0.214. The number of aromatic nitrogens is 4. The second kappa shape index (κ2) is 4.13. The van der Waals surface area contributed by atoms with Gasteiger partial charge in [0.1, 0.15) is 17.7 Å². The van der Waals surface area contributed by atoms with E-state index >= 15 is 0 Å². The number of hydrogen-bond donors (Lipinski definition) is 2. The van der Waals surface area contributed by atoms with Crippen molar-refractivity contribution < 1.29 is 0 Å². The molecule has 0 spiro atoms. The van der Waals surface area contributed by atoms with Gasteiger partial charge in [0.2, 0.25) is 0 Å². The maximum absolute atomic E-state index is 4.59. The Bertz CT molecular complexity index is 700. The van der Waals surface area contributed by atoms with E-state index in [0.29, 0.717) is 0 Å². The van der Waals surface area contributed by atoms with Gasteiger partial charge in [0.15, 0.2) is 5.65 Å². The van der Waals surface area contributed by atoms with Gasteiger partial charge in [-0.2, -0.15) is 0 Å². The van der Waals surface area contributed by atoms with Gasteiger partial charge < -0.3 is 10.3 Å². The van der Waals surface area contributed by atoms with E-state index in [2.05, 4.69) is 49.5 Å². The van der Waals surface area contributed by atoms with Crippen LogP contribution in [0, 0.1) is 0 Å². The van der Waals surface area contributed by atoms with E-state index in [1.54, 1.807) is 6.20 Å². The molecule has 0 saturated carbocycles. The number of fused-ring (bicyclic) bond motifs is 2. The van der Waals surface area contributed by atoms with Gasteiger partial charge in [-0.05, 0) is 11.1 Å². The second-order valence-electron chi connectivity index (χ2n) is 4.76. The maximum atomic E-state index is 4.59. The molecule has 0 amide bonds. The Kier molecular flexibility index (Phi) is 2.31. The number of aromatic amines is 1. The standard InChI is InChI=1S/C14H13N5/c1-2-4-10-9(3-1)5-15-6-11(10)13-18-12-7-16-8-17-14(12)19-13/h1-4,7-8,11,15H,5-6H2,(H,16,17,18,19). The van der Waals surface area contributed by atoms with E-state index in [9.17, 15) is 0 Å². The number of benzene rings is 1. The largest absolute Gasteiger partial charge is 0.339 e. The zero-order chi connectivity index (χ0) is 12.7. The number of H-pyrrole nitrogens is 1. The zero-order valence-corrected chi connectivity index (χ0v) is 10.3. The molecule has 19 heavy (non-hydrogen) atoms. The molecule has 0 saturated heterocycles. The van der Waals surface area contributed by atoms with Crippen molar-refractivity contribution >= 4 is 11.2 Å². The fourth-order valence-electron chi connectivity index (χ4n) is 2.69. The Labute approximate surface area is 110 Å². The smallest absolute Gasteiger partial charge is 0.180 e. The molecule has 5 nitrogen and oxygen atoms in total. The van der Waals surface area contributed by atoms with Crippen molar-refractivity contribution in [2.75, 3.05) is 6.54 Å². The van der Waals surface area contributed by atoms with Crippen LogP contribution in [0.1, 0.15) is 22.9 Å². The SMILES string of the molecule is c1ccc2c(c1)CNCC2c1nc2ncncc2[nH]1. The summed E-state index contributed by atoms with van der Waals surface area (Å²) in [5.41, 5.74) is 4.30. The van der Waals surface area contributed by atoms with Gasteiger partial charge in [0, 0.05) is 13.1 Å². The maximum Gasteiger partial charge on any atom is 0.180 e. The zero-order valence-electron chi connectivity index (χ0n) is 10.3. The number of hydrogen-bond acceptors (Lipinski definition) is 4. The van der Waals surface area contributed by atoms with Crippen LogP contribution in [0.4, 0.5) is 0 Å². The average Bonchev–Trinajstić information content (AvgIpc) is 2.90.